The molecular weight excluding hydrogens is 238 g/mol. The predicted molar refractivity (Wildman–Crippen MR) is 65.1 cm³/mol. The molecule has 18 heavy (non-hydrogen) atoms. The number of hydrogen-bond donors (Lipinski definition) is 2. The first kappa shape index (κ1) is 14.0. The van der Waals surface area contributed by atoms with Gasteiger partial charge in [-0.1, -0.05) is 0 Å². The molecule has 1 aromatic carbocycles. The van der Waals surface area contributed by atoms with Gasteiger partial charge in [0, 0.05) is 18.9 Å². The summed E-state index contributed by atoms with van der Waals surface area (Å²) in [4.78, 5) is 22.5. The summed E-state index contributed by atoms with van der Waals surface area (Å²) in [7, 11) is 2.80. The molecule has 1 unspecified atom stereocenters. The minimum absolute atomic E-state index is 0.0373. The van der Waals surface area contributed by atoms with Gasteiger partial charge in [-0.2, -0.15) is 0 Å². The van der Waals surface area contributed by atoms with Crippen molar-refractivity contribution in [3.05, 3.63) is 23.8 Å². The number of methoxy groups -OCH3 is 2. The molecule has 1 amide bonds. The van der Waals surface area contributed by atoms with Gasteiger partial charge in [-0.15, -0.1) is 0 Å². The minimum atomic E-state index is -1.09. The van der Waals surface area contributed by atoms with Crippen LogP contribution in [0.2, 0.25) is 0 Å². The molecule has 0 heterocycles. The van der Waals surface area contributed by atoms with E-state index >= 15 is 0 Å². The number of carboxylic acids is 1. The number of hydrogen-bond acceptors (Lipinski definition) is 4. The summed E-state index contributed by atoms with van der Waals surface area (Å²) >= 11 is 0. The lowest BCUT2D eigenvalue weighted by Gasteiger charge is -2.12. The second-order valence-electron chi connectivity index (χ2n) is 3.59. The Morgan fingerprint density at radius 3 is 2.50 bits per heavy atom. The first-order valence-corrected chi connectivity index (χ1v) is 5.24. The van der Waals surface area contributed by atoms with Crippen LogP contribution in [0.1, 0.15) is 17.3 Å². The van der Waals surface area contributed by atoms with E-state index in [1.807, 2.05) is 0 Å². The van der Waals surface area contributed by atoms with Gasteiger partial charge in [0.1, 0.15) is 17.4 Å². The molecule has 0 fully saturated rings. The molecule has 2 N–H and O–H groups in total. The fourth-order valence-electron chi connectivity index (χ4n) is 1.30. The number of benzene rings is 1. The number of nitrogens with one attached hydrogen (secondary N) is 1. The Hall–Kier alpha value is -2.08. The van der Waals surface area contributed by atoms with Gasteiger partial charge < -0.3 is 19.9 Å². The second-order valence-corrected chi connectivity index (χ2v) is 3.59. The maximum atomic E-state index is 11.6. The minimum Gasteiger partial charge on any atom is -0.496 e. The molecule has 0 aromatic heterocycles. The van der Waals surface area contributed by atoms with E-state index in [4.69, 9.17) is 14.6 Å². The van der Waals surface area contributed by atoms with Crippen molar-refractivity contribution in [3.63, 3.8) is 0 Å². The lowest BCUT2D eigenvalue weighted by Crippen LogP contribution is -2.26. The summed E-state index contributed by atoms with van der Waals surface area (Å²) < 4.78 is 9.82. The number of aromatic carboxylic acids is 1. The SMILES string of the molecule is COc1cc(NC(=O)C(C)OC)ccc1C(=O)O. The van der Waals surface area contributed by atoms with Crippen molar-refractivity contribution < 1.29 is 24.2 Å². The van der Waals surface area contributed by atoms with Gasteiger partial charge in [0.15, 0.2) is 0 Å². The van der Waals surface area contributed by atoms with Crippen LogP contribution in [-0.4, -0.2) is 37.3 Å². The summed E-state index contributed by atoms with van der Waals surface area (Å²) in [5, 5.41) is 11.5. The van der Waals surface area contributed by atoms with E-state index in [1.54, 1.807) is 6.92 Å². The van der Waals surface area contributed by atoms with Crippen LogP contribution in [0.3, 0.4) is 0 Å². The van der Waals surface area contributed by atoms with Gasteiger partial charge in [0.05, 0.1) is 7.11 Å². The summed E-state index contributed by atoms with van der Waals surface area (Å²) in [6, 6.07) is 4.31. The van der Waals surface area contributed by atoms with E-state index in [2.05, 4.69) is 5.32 Å². The molecule has 0 aliphatic carbocycles. The highest BCUT2D eigenvalue weighted by molar-refractivity contribution is 5.96. The third-order valence-electron chi connectivity index (χ3n) is 2.42. The average molecular weight is 253 g/mol. The third kappa shape index (κ3) is 3.21. The Morgan fingerprint density at radius 2 is 2.00 bits per heavy atom. The summed E-state index contributed by atoms with van der Waals surface area (Å²) in [6.07, 6.45) is -0.588. The molecule has 0 aliphatic heterocycles. The van der Waals surface area contributed by atoms with E-state index < -0.39 is 12.1 Å². The Kier molecular flexibility index (Phi) is 4.67. The Morgan fingerprint density at radius 1 is 1.33 bits per heavy atom. The van der Waals surface area contributed by atoms with Crippen LogP contribution in [0.15, 0.2) is 18.2 Å². The molecule has 6 heteroatoms. The Balaban J connectivity index is 2.92. The van der Waals surface area contributed by atoms with Crippen molar-refractivity contribution in [2.75, 3.05) is 19.5 Å². The van der Waals surface area contributed by atoms with Gasteiger partial charge >= 0.3 is 5.97 Å². The number of ether oxygens (including phenoxy) is 2. The predicted octanol–water partition coefficient (Wildman–Crippen LogP) is 1.37. The van der Waals surface area contributed by atoms with Crippen molar-refractivity contribution in [2.24, 2.45) is 0 Å². The standard InChI is InChI=1S/C12H15NO5/c1-7(17-2)11(14)13-8-4-5-9(12(15)16)10(6-8)18-3/h4-7H,1-3H3,(H,13,14)(H,15,16). The zero-order valence-corrected chi connectivity index (χ0v) is 10.4. The van der Waals surface area contributed by atoms with E-state index in [0.717, 1.165) is 0 Å². The van der Waals surface area contributed by atoms with Crippen LogP contribution in [0, 0.1) is 0 Å². The van der Waals surface area contributed by atoms with Crippen LogP contribution >= 0.6 is 0 Å². The van der Waals surface area contributed by atoms with Gasteiger partial charge in [-0.05, 0) is 19.1 Å². The van der Waals surface area contributed by atoms with Crippen LogP contribution in [0.5, 0.6) is 5.75 Å². The summed E-state index contributed by atoms with van der Waals surface area (Å²) in [5.41, 5.74) is 0.487. The fraction of sp³-hybridized carbons (Fsp3) is 0.333. The lowest BCUT2D eigenvalue weighted by atomic mass is 10.2. The highest BCUT2D eigenvalue weighted by atomic mass is 16.5. The summed E-state index contributed by atoms with van der Waals surface area (Å²) in [5.74, 6) is -1.22. The van der Waals surface area contributed by atoms with Gasteiger partial charge in [-0.25, -0.2) is 4.79 Å². The molecule has 0 bridgehead atoms. The number of carbonyl (C=O) groups is 2. The number of rotatable bonds is 5. The van der Waals surface area contributed by atoms with Crippen LogP contribution in [-0.2, 0) is 9.53 Å². The van der Waals surface area contributed by atoms with Crippen molar-refractivity contribution in [1.82, 2.24) is 0 Å². The first-order chi connectivity index (χ1) is 8.49. The molecule has 98 valence electrons. The zero-order valence-electron chi connectivity index (χ0n) is 10.4. The summed E-state index contributed by atoms with van der Waals surface area (Å²) in [6.45, 7) is 1.61. The van der Waals surface area contributed by atoms with Crippen LogP contribution in [0.4, 0.5) is 5.69 Å². The Labute approximate surface area is 105 Å². The van der Waals surface area contributed by atoms with E-state index in [0.29, 0.717) is 5.69 Å². The van der Waals surface area contributed by atoms with Crippen LogP contribution < -0.4 is 10.1 Å². The molecule has 0 saturated heterocycles. The van der Waals surface area contributed by atoms with Crippen molar-refractivity contribution in [1.29, 1.82) is 0 Å². The molecule has 1 rings (SSSR count). The molecule has 6 nitrogen and oxygen atoms in total. The normalized spacial score (nSPS) is 11.7. The molecule has 0 radical (unpaired) electrons. The van der Waals surface area contributed by atoms with E-state index in [1.165, 1.54) is 32.4 Å². The Bertz CT molecular complexity index is 458. The highest BCUT2D eigenvalue weighted by Gasteiger charge is 2.15. The number of anilines is 1. The van der Waals surface area contributed by atoms with Crippen molar-refractivity contribution >= 4 is 17.6 Å². The third-order valence-corrected chi connectivity index (χ3v) is 2.42. The molecule has 1 aromatic rings. The first-order valence-electron chi connectivity index (χ1n) is 5.24. The van der Waals surface area contributed by atoms with Crippen LogP contribution in [0.25, 0.3) is 0 Å². The molecule has 0 aliphatic rings. The van der Waals surface area contributed by atoms with Crippen molar-refractivity contribution in [2.45, 2.75) is 13.0 Å². The fourth-order valence-corrected chi connectivity index (χ4v) is 1.30. The quantitative estimate of drug-likeness (QED) is 0.827. The van der Waals surface area contributed by atoms with Gasteiger partial charge in [-0.3, -0.25) is 4.79 Å². The topological polar surface area (TPSA) is 84.9 Å². The lowest BCUT2D eigenvalue weighted by molar-refractivity contribution is -0.124. The van der Waals surface area contributed by atoms with Gasteiger partial charge in [0.2, 0.25) is 0 Å². The van der Waals surface area contributed by atoms with Crippen molar-refractivity contribution in [3.8, 4) is 5.75 Å². The molecular formula is C12H15NO5. The number of amides is 1. The number of carboxylic acid groups (broad SMARTS) is 1. The largest absolute Gasteiger partial charge is 0.496 e. The zero-order chi connectivity index (χ0) is 13.7. The molecule has 1 atom stereocenters. The average Bonchev–Trinajstić information content (AvgIpc) is 2.37. The smallest absolute Gasteiger partial charge is 0.339 e. The van der Waals surface area contributed by atoms with Gasteiger partial charge in [0.25, 0.3) is 5.91 Å². The van der Waals surface area contributed by atoms with E-state index in [-0.39, 0.29) is 17.2 Å². The highest BCUT2D eigenvalue weighted by Crippen LogP contribution is 2.23. The maximum absolute atomic E-state index is 11.6. The second kappa shape index (κ2) is 6.02. The molecule has 0 saturated carbocycles. The van der Waals surface area contributed by atoms with E-state index in [9.17, 15) is 9.59 Å². The molecule has 0 spiro atoms. The maximum Gasteiger partial charge on any atom is 0.339 e. The number of carbonyl (C=O) groups excluding carboxylic acids is 1. The monoisotopic (exact) mass is 253 g/mol.